The number of benzene rings is 2. The first kappa shape index (κ1) is 15.9. The molecule has 0 bridgehead atoms. The van der Waals surface area contributed by atoms with Crippen LogP contribution in [0.15, 0.2) is 30.3 Å². The van der Waals surface area contributed by atoms with E-state index in [9.17, 15) is 0 Å². The number of fused-ring (bicyclic) bond motifs is 1. The Labute approximate surface area is 138 Å². The first-order chi connectivity index (χ1) is 11.1. The molecule has 3 nitrogen and oxygen atoms in total. The predicted octanol–water partition coefficient (Wildman–Crippen LogP) is 3.72. The number of rotatable bonds is 5. The van der Waals surface area contributed by atoms with Crippen LogP contribution < -0.4 is 14.8 Å². The molecule has 0 aliphatic carbocycles. The third kappa shape index (κ3) is 3.85. The van der Waals surface area contributed by atoms with E-state index in [0.717, 1.165) is 31.0 Å². The molecule has 0 saturated heterocycles. The van der Waals surface area contributed by atoms with Gasteiger partial charge in [-0.25, -0.2) is 0 Å². The molecule has 0 radical (unpaired) electrons. The van der Waals surface area contributed by atoms with Gasteiger partial charge in [0.15, 0.2) is 11.5 Å². The van der Waals surface area contributed by atoms with Crippen LogP contribution in [-0.4, -0.2) is 19.8 Å². The molecule has 0 amide bonds. The van der Waals surface area contributed by atoms with Gasteiger partial charge in [0.2, 0.25) is 0 Å². The normalized spacial score (nSPS) is 13.2. The van der Waals surface area contributed by atoms with Gasteiger partial charge in [0, 0.05) is 6.54 Å². The Morgan fingerprint density at radius 1 is 0.913 bits per heavy atom. The van der Waals surface area contributed by atoms with Crippen molar-refractivity contribution < 1.29 is 9.47 Å². The van der Waals surface area contributed by atoms with Gasteiger partial charge in [0.25, 0.3) is 0 Å². The van der Waals surface area contributed by atoms with E-state index in [1.807, 2.05) is 6.07 Å². The zero-order chi connectivity index (χ0) is 16.2. The zero-order valence-corrected chi connectivity index (χ0v) is 14.2. The summed E-state index contributed by atoms with van der Waals surface area (Å²) in [4.78, 5) is 0. The van der Waals surface area contributed by atoms with Gasteiger partial charge in [-0.2, -0.15) is 0 Å². The number of aryl methyl sites for hydroxylation is 3. The van der Waals surface area contributed by atoms with Crippen molar-refractivity contribution in [3.8, 4) is 11.5 Å². The summed E-state index contributed by atoms with van der Waals surface area (Å²) < 4.78 is 11.2. The number of nitrogens with one attached hydrogen (secondary N) is 1. The first-order valence-electron chi connectivity index (χ1n) is 8.29. The van der Waals surface area contributed by atoms with Gasteiger partial charge in [-0.3, -0.25) is 0 Å². The highest BCUT2D eigenvalue weighted by Crippen LogP contribution is 2.30. The van der Waals surface area contributed by atoms with Crippen LogP contribution in [0.4, 0.5) is 0 Å². The minimum Gasteiger partial charge on any atom is -0.486 e. The Hall–Kier alpha value is -2.00. The lowest BCUT2D eigenvalue weighted by Crippen LogP contribution is -2.19. The lowest BCUT2D eigenvalue weighted by atomic mass is 10.00. The van der Waals surface area contributed by atoms with Crippen LogP contribution in [0, 0.1) is 20.8 Å². The molecule has 0 fully saturated rings. The number of hydrogen-bond donors (Lipinski definition) is 1. The van der Waals surface area contributed by atoms with Crippen LogP contribution in [0.25, 0.3) is 0 Å². The molecule has 1 heterocycles. The maximum absolute atomic E-state index is 5.64. The molecule has 2 aromatic carbocycles. The molecule has 3 rings (SSSR count). The minimum absolute atomic E-state index is 0.640. The topological polar surface area (TPSA) is 30.5 Å². The summed E-state index contributed by atoms with van der Waals surface area (Å²) in [7, 11) is 0. The molecule has 2 aromatic rings. The fraction of sp³-hybridized carbons (Fsp3) is 0.400. The van der Waals surface area contributed by atoms with E-state index in [-0.39, 0.29) is 0 Å². The SMILES string of the molecule is Cc1cc(C)c(CNCCc2ccc3c(c2)OCCO3)c(C)c1. The van der Waals surface area contributed by atoms with E-state index in [0.29, 0.717) is 13.2 Å². The van der Waals surface area contributed by atoms with Crippen molar-refractivity contribution >= 4 is 0 Å². The second-order valence-corrected chi connectivity index (χ2v) is 6.28. The molecular weight excluding hydrogens is 286 g/mol. The molecule has 0 unspecified atom stereocenters. The van der Waals surface area contributed by atoms with Crippen molar-refractivity contribution in [2.45, 2.75) is 33.7 Å². The summed E-state index contributed by atoms with van der Waals surface area (Å²) in [6.45, 7) is 9.69. The van der Waals surface area contributed by atoms with Crippen molar-refractivity contribution in [2.75, 3.05) is 19.8 Å². The quantitative estimate of drug-likeness (QED) is 0.854. The minimum atomic E-state index is 0.640. The first-order valence-corrected chi connectivity index (χ1v) is 8.29. The summed E-state index contributed by atoms with van der Waals surface area (Å²) >= 11 is 0. The summed E-state index contributed by atoms with van der Waals surface area (Å²) in [5.74, 6) is 1.73. The summed E-state index contributed by atoms with van der Waals surface area (Å²) in [6, 6.07) is 10.7. The van der Waals surface area contributed by atoms with Gasteiger partial charge < -0.3 is 14.8 Å². The fourth-order valence-electron chi connectivity index (χ4n) is 3.18. The maximum atomic E-state index is 5.64. The van der Waals surface area contributed by atoms with Gasteiger partial charge in [0.05, 0.1) is 0 Å². The van der Waals surface area contributed by atoms with Gasteiger partial charge in [-0.15, -0.1) is 0 Å². The monoisotopic (exact) mass is 311 g/mol. The Bertz CT molecular complexity index is 671. The summed E-state index contributed by atoms with van der Waals surface area (Å²) in [5, 5.41) is 3.56. The number of hydrogen-bond acceptors (Lipinski definition) is 3. The average Bonchev–Trinajstić information content (AvgIpc) is 2.53. The van der Waals surface area contributed by atoms with Crippen LogP contribution in [0.3, 0.4) is 0 Å². The Morgan fingerprint density at radius 3 is 2.35 bits per heavy atom. The molecule has 0 atom stereocenters. The van der Waals surface area contributed by atoms with E-state index in [2.05, 4.69) is 50.4 Å². The van der Waals surface area contributed by atoms with E-state index in [1.54, 1.807) is 0 Å². The van der Waals surface area contributed by atoms with Crippen LogP contribution in [0.2, 0.25) is 0 Å². The molecule has 1 aliphatic rings. The van der Waals surface area contributed by atoms with Crippen LogP contribution >= 0.6 is 0 Å². The van der Waals surface area contributed by atoms with Crippen molar-refractivity contribution in [3.63, 3.8) is 0 Å². The van der Waals surface area contributed by atoms with Gasteiger partial charge >= 0.3 is 0 Å². The van der Waals surface area contributed by atoms with Crippen LogP contribution in [0.5, 0.6) is 11.5 Å². The van der Waals surface area contributed by atoms with Crippen molar-refractivity contribution in [3.05, 3.63) is 58.1 Å². The Balaban J connectivity index is 1.54. The largest absolute Gasteiger partial charge is 0.486 e. The summed E-state index contributed by atoms with van der Waals surface area (Å²) in [6.07, 6.45) is 0.987. The van der Waals surface area contributed by atoms with Gasteiger partial charge in [-0.05, 0) is 68.1 Å². The second-order valence-electron chi connectivity index (χ2n) is 6.28. The van der Waals surface area contributed by atoms with Crippen LogP contribution in [-0.2, 0) is 13.0 Å². The molecule has 1 aliphatic heterocycles. The smallest absolute Gasteiger partial charge is 0.161 e. The van der Waals surface area contributed by atoms with Gasteiger partial charge in [-0.1, -0.05) is 23.8 Å². The number of ether oxygens (including phenoxy) is 2. The van der Waals surface area contributed by atoms with E-state index < -0.39 is 0 Å². The molecule has 0 aromatic heterocycles. The predicted molar refractivity (Wildman–Crippen MR) is 93.5 cm³/mol. The second kappa shape index (κ2) is 7.05. The van der Waals surface area contributed by atoms with Crippen LogP contribution in [0.1, 0.15) is 27.8 Å². The highest BCUT2D eigenvalue weighted by molar-refractivity contribution is 5.44. The molecule has 0 spiro atoms. The molecule has 1 N–H and O–H groups in total. The van der Waals surface area contributed by atoms with Crippen molar-refractivity contribution in [1.82, 2.24) is 5.32 Å². The Morgan fingerprint density at radius 2 is 1.61 bits per heavy atom. The third-order valence-corrected chi connectivity index (χ3v) is 4.34. The molecular formula is C20H25NO2. The van der Waals surface area contributed by atoms with E-state index >= 15 is 0 Å². The average molecular weight is 311 g/mol. The zero-order valence-electron chi connectivity index (χ0n) is 14.2. The summed E-state index contributed by atoms with van der Waals surface area (Å²) in [5.41, 5.74) is 6.76. The molecule has 23 heavy (non-hydrogen) atoms. The van der Waals surface area contributed by atoms with Crippen molar-refractivity contribution in [1.29, 1.82) is 0 Å². The lowest BCUT2D eigenvalue weighted by Gasteiger charge is -2.19. The highest BCUT2D eigenvalue weighted by Gasteiger charge is 2.11. The lowest BCUT2D eigenvalue weighted by molar-refractivity contribution is 0.171. The van der Waals surface area contributed by atoms with E-state index in [4.69, 9.17) is 9.47 Å². The highest BCUT2D eigenvalue weighted by atomic mass is 16.6. The molecule has 122 valence electrons. The van der Waals surface area contributed by atoms with E-state index in [1.165, 1.54) is 27.8 Å². The van der Waals surface area contributed by atoms with Gasteiger partial charge in [0.1, 0.15) is 13.2 Å². The third-order valence-electron chi connectivity index (χ3n) is 4.34. The molecule has 3 heteroatoms. The maximum Gasteiger partial charge on any atom is 0.161 e. The Kier molecular flexibility index (Phi) is 4.87. The fourth-order valence-corrected chi connectivity index (χ4v) is 3.18. The standard InChI is InChI=1S/C20H25NO2/c1-14-10-15(2)18(16(3)11-14)13-21-7-6-17-4-5-19-20(12-17)23-9-8-22-19/h4-5,10-12,21H,6-9,13H2,1-3H3. The van der Waals surface area contributed by atoms with Crippen molar-refractivity contribution in [2.24, 2.45) is 0 Å². The molecule has 0 saturated carbocycles.